The fourth-order valence-electron chi connectivity index (χ4n) is 3.96. The van der Waals surface area contributed by atoms with E-state index in [-0.39, 0.29) is 5.41 Å². The predicted molar refractivity (Wildman–Crippen MR) is 127 cm³/mol. The molecule has 1 atom stereocenters. The highest BCUT2D eigenvalue weighted by Crippen LogP contribution is 2.23. The van der Waals surface area contributed by atoms with Gasteiger partial charge in [0.1, 0.15) is 0 Å². The summed E-state index contributed by atoms with van der Waals surface area (Å²) in [5, 5.41) is 2.67. The van der Waals surface area contributed by atoms with Crippen molar-refractivity contribution >= 4 is 12.2 Å². The molecular weight excluding hydrogens is 348 g/mol. The molecule has 3 aromatic carbocycles. The van der Waals surface area contributed by atoms with Crippen molar-refractivity contribution < 1.29 is 0 Å². The highest BCUT2D eigenvalue weighted by Gasteiger charge is 2.15. The summed E-state index contributed by atoms with van der Waals surface area (Å²) in [6, 6.07) is 26.6. The topological polar surface area (TPSA) is 0 Å². The molecule has 150 valence electrons. The summed E-state index contributed by atoms with van der Waals surface area (Å²) in [5.41, 5.74) is 5.53. The maximum absolute atomic E-state index is 2.44. The zero-order valence-corrected chi connectivity index (χ0v) is 18.6. The molecule has 0 aliphatic carbocycles. The van der Waals surface area contributed by atoms with Crippen molar-refractivity contribution in [3.05, 3.63) is 105 Å². The molecule has 0 fully saturated rings. The first-order valence-corrected chi connectivity index (χ1v) is 10.7. The lowest BCUT2D eigenvalue weighted by Gasteiger charge is -2.20. The van der Waals surface area contributed by atoms with E-state index in [4.69, 9.17) is 0 Å². The summed E-state index contributed by atoms with van der Waals surface area (Å²) in [6.07, 6.45) is 6.98. The average molecular weight is 383 g/mol. The van der Waals surface area contributed by atoms with Gasteiger partial charge >= 0.3 is 0 Å². The minimum Gasteiger partial charge on any atom is -0.0735 e. The number of hydrogen-bond donors (Lipinski definition) is 0. The van der Waals surface area contributed by atoms with Crippen LogP contribution in [0.15, 0.2) is 72.8 Å². The van der Waals surface area contributed by atoms with Gasteiger partial charge in [0.05, 0.1) is 0 Å². The van der Waals surface area contributed by atoms with Crippen molar-refractivity contribution in [2.45, 2.75) is 47.5 Å². The predicted octanol–water partition coefficient (Wildman–Crippen LogP) is 6.01. The molecule has 0 heteroatoms. The molecule has 0 saturated heterocycles. The SMILES string of the molecule is Cc1ccc(CC(C)/C=c2/cccc/c2=C\C(C)(C)Cc2ccc(C)cc2)cc1. The third-order valence-electron chi connectivity index (χ3n) is 5.46. The van der Waals surface area contributed by atoms with Crippen LogP contribution < -0.4 is 10.4 Å². The lowest BCUT2D eigenvalue weighted by Crippen LogP contribution is -2.28. The van der Waals surface area contributed by atoms with Crippen LogP contribution in [0.4, 0.5) is 0 Å². The number of aryl methyl sites for hydroxylation is 2. The largest absolute Gasteiger partial charge is 0.0735 e. The van der Waals surface area contributed by atoms with E-state index in [0.29, 0.717) is 5.92 Å². The van der Waals surface area contributed by atoms with E-state index in [2.05, 4.69) is 120 Å². The van der Waals surface area contributed by atoms with E-state index in [1.165, 1.54) is 32.7 Å². The van der Waals surface area contributed by atoms with E-state index in [9.17, 15) is 0 Å². The Kier molecular flexibility index (Phi) is 6.75. The highest BCUT2D eigenvalue weighted by atomic mass is 14.2. The van der Waals surface area contributed by atoms with Crippen LogP contribution in [0, 0.1) is 25.2 Å². The van der Waals surface area contributed by atoms with Gasteiger partial charge < -0.3 is 0 Å². The summed E-state index contributed by atoms with van der Waals surface area (Å²) in [7, 11) is 0. The Hall–Kier alpha value is -2.60. The second kappa shape index (κ2) is 9.27. The first-order valence-electron chi connectivity index (χ1n) is 10.7. The summed E-state index contributed by atoms with van der Waals surface area (Å²) >= 11 is 0. The van der Waals surface area contributed by atoms with Crippen LogP contribution in [0.3, 0.4) is 0 Å². The van der Waals surface area contributed by atoms with Gasteiger partial charge in [-0.1, -0.05) is 117 Å². The van der Waals surface area contributed by atoms with E-state index in [0.717, 1.165) is 12.8 Å². The Labute approximate surface area is 176 Å². The maximum Gasteiger partial charge on any atom is -0.0125 e. The molecule has 1 unspecified atom stereocenters. The van der Waals surface area contributed by atoms with Gasteiger partial charge in [-0.2, -0.15) is 0 Å². The van der Waals surface area contributed by atoms with Gasteiger partial charge in [-0.15, -0.1) is 0 Å². The standard InChI is InChI=1S/C29H34/c1-22-10-14-25(15-11-22)18-24(3)19-27-8-6-7-9-28(27)21-29(4,5)20-26-16-12-23(2)13-17-26/h6-17,19,21,24H,18,20H2,1-5H3/b27-19-,28-21+. The molecule has 0 spiro atoms. The number of benzene rings is 3. The van der Waals surface area contributed by atoms with Gasteiger partial charge in [0.2, 0.25) is 0 Å². The first-order chi connectivity index (χ1) is 13.8. The minimum atomic E-state index is 0.0966. The van der Waals surface area contributed by atoms with Gasteiger partial charge in [0.15, 0.2) is 0 Å². The van der Waals surface area contributed by atoms with Crippen LogP contribution in [0.1, 0.15) is 43.0 Å². The fourth-order valence-corrected chi connectivity index (χ4v) is 3.96. The molecule has 0 aromatic heterocycles. The molecule has 0 saturated carbocycles. The van der Waals surface area contributed by atoms with Crippen molar-refractivity contribution in [3.63, 3.8) is 0 Å². The molecule has 0 radical (unpaired) electrons. The van der Waals surface area contributed by atoms with Crippen molar-refractivity contribution in [2.75, 3.05) is 0 Å². The third kappa shape index (κ3) is 6.46. The highest BCUT2D eigenvalue weighted by molar-refractivity contribution is 5.39. The normalized spacial score (nSPS) is 14.2. The number of hydrogen-bond acceptors (Lipinski definition) is 0. The summed E-state index contributed by atoms with van der Waals surface area (Å²) < 4.78 is 0. The van der Waals surface area contributed by atoms with E-state index < -0.39 is 0 Å². The van der Waals surface area contributed by atoms with Crippen LogP contribution >= 0.6 is 0 Å². The minimum absolute atomic E-state index is 0.0966. The van der Waals surface area contributed by atoms with Gasteiger partial charge in [-0.05, 0) is 59.6 Å². The Balaban J connectivity index is 1.85. The average Bonchev–Trinajstić information content (AvgIpc) is 2.67. The Morgan fingerprint density at radius 1 is 0.724 bits per heavy atom. The van der Waals surface area contributed by atoms with Gasteiger partial charge in [0, 0.05) is 0 Å². The molecule has 0 aliphatic rings. The maximum atomic E-state index is 2.44. The molecule has 0 heterocycles. The summed E-state index contributed by atoms with van der Waals surface area (Å²) in [6.45, 7) is 11.3. The number of rotatable bonds is 6. The van der Waals surface area contributed by atoms with E-state index in [1.807, 2.05) is 0 Å². The zero-order chi connectivity index (χ0) is 20.9. The molecule has 0 aliphatic heterocycles. The summed E-state index contributed by atoms with van der Waals surface area (Å²) in [5.74, 6) is 0.493. The smallest absolute Gasteiger partial charge is 0.0125 e. The monoisotopic (exact) mass is 382 g/mol. The van der Waals surface area contributed by atoms with Gasteiger partial charge in [0.25, 0.3) is 0 Å². The molecular formula is C29H34. The Bertz CT molecular complexity index is 1030. The van der Waals surface area contributed by atoms with Crippen LogP contribution in [0.5, 0.6) is 0 Å². The Morgan fingerprint density at radius 2 is 1.24 bits per heavy atom. The second-order valence-electron chi connectivity index (χ2n) is 9.26. The molecule has 0 N–H and O–H groups in total. The van der Waals surface area contributed by atoms with E-state index in [1.54, 1.807) is 0 Å². The van der Waals surface area contributed by atoms with Crippen LogP contribution in [-0.2, 0) is 12.8 Å². The molecule has 3 aromatic rings. The van der Waals surface area contributed by atoms with Gasteiger partial charge in [-0.3, -0.25) is 0 Å². The zero-order valence-electron chi connectivity index (χ0n) is 18.6. The van der Waals surface area contributed by atoms with Gasteiger partial charge in [-0.25, -0.2) is 0 Å². The molecule has 29 heavy (non-hydrogen) atoms. The van der Waals surface area contributed by atoms with Crippen LogP contribution in [0.25, 0.3) is 12.2 Å². The van der Waals surface area contributed by atoms with E-state index >= 15 is 0 Å². The van der Waals surface area contributed by atoms with Crippen LogP contribution in [-0.4, -0.2) is 0 Å². The Morgan fingerprint density at radius 3 is 1.83 bits per heavy atom. The fraction of sp³-hybridized carbons (Fsp3) is 0.310. The molecule has 0 bridgehead atoms. The van der Waals surface area contributed by atoms with Crippen molar-refractivity contribution in [3.8, 4) is 0 Å². The first kappa shape index (κ1) is 21.1. The second-order valence-corrected chi connectivity index (χ2v) is 9.26. The lowest BCUT2D eigenvalue weighted by atomic mass is 9.84. The lowest BCUT2D eigenvalue weighted by molar-refractivity contribution is 0.513. The molecule has 0 amide bonds. The summed E-state index contributed by atoms with van der Waals surface area (Å²) in [4.78, 5) is 0. The van der Waals surface area contributed by atoms with Crippen LogP contribution in [0.2, 0.25) is 0 Å². The van der Waals surface area contributed by atoms with Crippen molar-refractivity contribution in [2.24, 2.45) is 11.3 Å². The quantitative estimate of drug-likeness (QED) is 0.489. The molecule has 0 nitrogen and oxygen atoms in total. The van der Waals surface area contributed by atoms with Crippen molar-refractivity contribution in [1.82, 2.24) is 0 Å². The molecule has 3 rings (SSSR count). The van der Waals surface area contributed by atoms with Crippen molar-refractivity contribution in [1.29, 1.82) is 0 Å². The third-order valence-corrected chi connectivity index (χ3v) is 5.46.